The molecule has 108 valence electrons. The summed E-state index contributed by atoms with van der Waals surface area (Å²) in [6.07, 6.45) is 2.67. The van der Waals surface area contributed by atoms with Gasteiger partial charge in [0.25, 0.3) is 0 Å². The Bertz CT molecular complexity index is 675. The zero-order valence-electron chi connectivity index (χ0n) is 12.3. The zero-order valence-corrected chi connectivity index (χ0v) is 12.3. The number of nitrogens with two attached hydrogens (primary N) is 1. The number of carbonyl (C=O) groups excluding carboxylic acids is 1. The van der Waals surface area contributed by atoms with E-state index in [1.807, 2.05) is 18.2 Å². The second-order valence-electron chi connectivity index (χ2n) is 5.03. The standard InChI is InChI=1S/C16H18BNO3/c1-3-10(2)14-8-12-5-4-11(7-15(12)20-14)6-13(9-18)16(19)21-17/h4-8,10H,3,9,18H2,1-2H3/b13-6-. The van der Waals surface area contributed by atoms with Crippen molar-refractivity contribution in [3.63, 3.8) is 0 Å². The van der Waals surface area contributed by atoms with E-state index in [9.17, 15) is 4.79 Å². The molecule has 0 aliphatic heterocycles. The topological polar surface area (TPSA) is 65.5 Å². The Morgan fingerprint density at radius 3 is 2.86 bits per heavy atom. The summed E-state index contributed by atoms with van der Waals surface area (Å²) in [6, 6.07) is 7.78. The molecule has 0 amide bonds. The third-order valence-corrected chi connectivity index (χ3v) is 3.59. The van der Waals surface area contributed by atoms with Gasteiger partial charge in [-0.1, -0.05) is 26.0 Å². The summed E-state index contributed by atoms with van der Waals surface area (Å²) in [7, 11) is 4.88. The lowest BCUT2D eigenvalue weighted by Gasteiger charge is -2.03. The van der Waals surface area contributed by atoms with Gasteiger partial charge in [-0.15, -0.1) is 0 Å². The number of hydrogen-bond donors (Lipinski definition) is 1. The fourth-order valence-corrected chi connectivity index (χ4v) is 2.08. The van der Waals surface area contributed by atoms with Crippen LogP contribution in [-0.4, -0.2) is 20.6 Å². The van der Waals surface area contributed by atoms with Crippen molar-refractivity contribution in [3.05, 3.63) is 41.2 Å². The summed E-state index contributed by atoms with van der Waals surface area (Å²) >= 11 is 0. The van der Waals surface area contributed by atoms with Gasteiger partial charge in [0.1, 0.15) is 11.3 Å². The molecule has 0 saturated heterocycles. The highest BCUT2D eigenvalue weighted by Gasteiger charge is 2.11. The quantitative estimate of drug-likeness (QED) is 0.676. The Labute approximate surface area is 125 Å². The number of hydrogen-bond acceptors (Lipinski definition) is 4. The predicted molar refractivity (Wildman–Crippen MR) is 83.8 cm³/mol. The van der Waals surface area contributed by atoms with Crippen LogP contribution in [0.3, 0.4) is 0 Å². The van der Waals surface area contributed by atoms with Crippen LogP contribution in [0.4, 0.5) is 0 Å². The molecule has 0 aliphatic rings. The van der Waals surface area contributed by atoms with Gasteiger partial charge < -0.3 is 14.8 Å². The van der Waals surface area contributed by atoms with Crippen LogP contribution >= 0.6 is 0 Å². The van der Waals surface area contributed by atoms with E-state index in [2.05, 4.69) is 24.6 Å². The van der Waals surface area contributed by atoms with Crippen molar-refractivity contribution in [2.24, 2.45) is 5.73 Å². The lowest BCUT2D eigenvalue weighted by Crippen LogP contribution is -2.14. The Hall–Kier alpha value is -2.01. The largest absolute Gasteiger partial charge is 0.540 e. The summed E-state index contributed by atoms with van der Waals surface area (Å²) < 4.78 is 10.1. The maximum atomic E-state index is 11.4. The van der Waals surface area contributed by atoms with Crippen molar-refractivity contribution in [1.29, 1.82) is 0 Å². The van der Waals surface area contributed by atoms with Gasteiger partial charge in [0.2, 0.25) is 0 Å². The van der Waals surface area contributed by atoms with Gasteiger partial charge in [0, 0.05) is 23.4 Å². The SMILES string of the molecule is [B]OC(=O)/C(=C\c1ccc2cc(C(C)CC)oc2c1)CN. The molecule has 1 aromatic carbocycles. The minimum absolute atomic E-state index is 0.0599. The van der Waals surface area contributed by atoms with E-state index in [-0.39, 0.29) is 6.54 Å². The van der Waals surface area contributed by atoms with Crippen LogP contribution in [0.5, 0.6) is 0 Å². The third kappa shape index (κ3) is 3.36. The molecule has 1 unspecified atom stereocenters. The average Bonchev–Trinajstić information content (AvgIpc) is 2.94. The number of furan rings is 1. The van der Waals surface area contributed by atoms with E-state index < -0.39 is 5.97 Å². The van der Waals surface area contributed by atoms with Gasteiger partial charge >= 0.3 is 14.0 Å². The van der Waals surface area contributed by atoms with Crippen molar-refractivity contribution in [1.82, 2.24) is 0 Å². The Morgan fingerprint density at radius 2 is 2.24 bits per heavy atom. The smallest absolute Gasteiger partial charge is 0.378 e. The molecule has 2 aromatic rings. The monoisotopic (exact) mass is 283 g/mol. The predicted octanol–water partition coefficient (Wildman–Crippen LogP) is 2.92. The Balaban J connectivity index is 2.38. The van der Waals surface area contributed by atoms with E-state index in [1.165, 1.54) is 0 Å². The van der Waals surface area contributed by atoms with Crippen molar-refractivity contribution in [3.8, 4) is 0 Å². The molecule has 0 fully saturated rings. The van der Waals surface area contributed by atoms with Gasteiger partial charge in [-0.05, 0) is 30.2 Å². The first-order valence-corrected chi connectivity index (χ1v) is 6.94. The molecule has 0 aliphatic carbocycles. The van der Waals surface area contributed by atoms with Crippen LogP contribution in [0.25, 0.3) is 17.0 Å². The van der Waals surface area contributed by atoms with Gasteiger partial charge in [-0.2, -0.15) is 0 Å². The second-order valence-corrected chi connectivity index (χ2v) is 5.03. The van der Waals surface area contributed by atoms with Crippen molar-refractivity contribution >= 4 is 31.1 Å². The van der Waals surface area contributed by atoms with Crippen LogP contribution < -0.4 is 5.73 Å². The molecule has 1 atom stereocenters. The third-order valence-electron chi connectivity index (χ3n) is 3.59. The highest BCUT2D eigenvalue weighted by molar-refractivity contribution is 6.10. The first-order valence-electron chi connectivity index (χ1n) is 6.94. The van der Waals surface area contributed by atoms with Gasteiger partial charge in [-0.25, -0.2) is 4.79 Å². The van der Waals surface area contributed by atoms with Crippen LogP contribution in [0.15, 0.2) is 34.3 Å². The highest BCUT2D eigenvalue weighted by atomic mass is 16.5. The first kappa shape index (κ1) is 15.4. The normalized spacial score (nSPS) is 13.4. The average molecular weight is 283 g/mol. The maximum Gasteiger partial charge on any atom is 0.378 e. The minimum atomic E-state index is -0.627. The van der Waals surface area contributed by atoms with Crippen LogP contribution in [0.1, 0.15) is 37.5 Å². The minimum Gasteiger partial charge on any atom is -0.540 e. The van der Waals surface area contributed by atoms with E-state index >= 15 is 0 Å². The molecule has 2 rings (SSSR count). The van der Waals surface area contributed by atoms with Crippen molar-refractivity contribution in [2.45, 2.75) is 26.2 Å². The van der Waals surface area contributed by atoms with Crippen molar-refractivity contribution in [2.75, 3.05) is 6.54 Å². The lowest BCUT2D eigenvalue weighted by molar-refractivity contribution is -0.129. The van der Waals surface area contributed by atoms with Gasteiger partial charge in [-0.3, -0.25) is 0 Å². The van der Waals surface area contributed by atoms with Gasteiger partial charge in [0.05, 0.1) is 0 Å². The summed E-state index contributed by atoms with van der Waals surface area (Å²) in [5.74, 6) is 0.717. The van der Waals surface area contributed by atoms with E-state index in [1.54, 1.807) is 6.08 Å². The number of benzene rings is 1. The molecule has 0 spiro atoms. The fraction of sp³-hybridized carbons (Fsp3) is 0.312. The highest BCUT2D eigenvalue weighted by Crippen LogP contribution is 2.28. The zero-order chi connectivity index (χ0) is 15.4. The maximum absolute atomic E-state index is 11.4. The second kappa shape index (κ2) is 6.63. The number of fused-ring (bicyclic) bond motifs is 1. The van der Waals surface area contributed by atoms with Crippen LogP contribution in [-0.2, 0) is 9.45 Å². The van der Waals surface area contributed by atoms with E-state index in [0.29, 0.717) is 11.5 Å². The van der Waals surface area contributed by atoms with Crippen LogP contribution in [0.2, 0.25) is 0 Å². The molecule has 1 heterocycles. The van der Waals surface area contributed by atoms with Crippen LogP contribution in [0, 0.1) is 0 Å². The number of carbonyl (C=O) groups is 1. The Kier molecular flexibility index (Phi) is 4.86. The molecule has 21 heavy (non-hydrogen) atoms. The summed E-state index contributed by atoms with van der Waals surface area (Å²) in [6.45, 7) is 4.31. The van der Waals surface area contributed by atoms with E-state index in [4.69, 9.17) is 18.2 Å². The molecular weight excluding hydrogens is 265 g/mol. The number of rotatable bonds is 5. The molecule has 0 bridgehead atoms. The molecule has 0 saturated carbocycles. The van der Waals surface area contributed by atoms with Crippen molar-refractivity contribution < 1.29 is 13.9 Å². The molecule has 4 nitrogen and oxygen atoms in total. The molecular formula is C16H18BNO3. The van der Waals surface area contributed by atoms with Gasteiger partial charge in [0.15, 0.2) is 0 Å². The molecule has 2 radical (unpaired) electrons. The molecule has 5 heteroatoms. The molecule has 2 N–H and O–H groups in total. The van der Waals surface area contributed by atoms with E-state index in [0.717, 1.165) is 28.7 Å². The summed E-state index contributed by atoms with van der Waals surface area (Å²) in [4.78, 5) is 11.4. The summed E-state index contributed by atoms with van der Waals surface area (Å²) in [5.41, 5.74) is 7.44. The molecule has 1 aromatic heterocycles. The summed E-state index contributed by atoms with van der Waals surface area (Å²) in [5, 5.41) is 1.04. The first-order chi connectivity index (χ1) is 10.1. The Morgan fingerprint density at radius 1 is 1.48 bits per heavy atom. The lowest BCUT2D eigenvalue weighted by atomic mass is 10.1. The fourth-order valence-electron chi connectivity index (χ4n) is 2.08.